The van der Waals surface area contributed by atoms with Gasteiger partial charge in [-0.3, -0.25) is 5.43 Å². The van der Waals surface area contributed by atoms with Crippen LogP contribution in [0.15, 0.2) is 58.6 Å². The van der Waals surface area contributed by atoms with Crippen LogP contribution in [0.5, 0.6) is 0 Å². The number of hydrogen-bond donors (Lipinski definition) is 1. The summed E-state index contributed by atoms with van der Waals surface area (Å²) in [5.74, 6) is -0.305. The molecule has 0 amide bonds. The third-order valence-corrected chi connectivity index (χ3v) is 6.18. The highest BCUT2D eigenvalue weighted by Crippen LogP contribution is 2.39. The zero-order valence-electron chi connectivity index (χ0n) is 15.8. The Morgan fingerprint density at radius 3 is 2.76 bits per heavy atom. The van der Waals surface area contributed by atoms with Gasteiger partial charge in [-0.25, -0.2) is 17.8 Å². The Morgan fingerprint density at radius 1 is 1.21 bits per heavy atom. The molecule has 0 unspecified atom stereocenters. The van der Waals surface area contributed by atoms with Crippen LogP contribution in [0.25, 0.3) is 17.2 Å². The van der Waals surface area contributed by atoms with Gasteiger partial charge >= 0.3 is 0 Å². The van der Waals surface area contributed by atoms with E-state index in [4.69, 9.17) is 0 Å². The van der Waals surface area contributed by atoms with Crippen LogP contribution in [0.1, 0.15) is 22.3 Å². The number of pyridine rings is 1. The van der Waals surface area contributed by atoms with E-state index in [1.165, 1.54) is 18.2 Å². The first-order valence-electron chi connectivity index (χ1n) is 8.99. The molecule has 0 saturated heterocycles. The van der Waals surface area contributed by atoms with E-state index >= 15 is 0 Å². The quantitative estimate of drug-likeness (QED) is 0.827. The van der Waals surface area contributed by atoms with Gasteiger partial charge in [-0.15, -0.1) is 0 Å². The predicted octanol–water partition coefficient (Wildman–Crippen LogP) is 2.66. The van der Waals surface area contributed by atoms with Crippen LogP contribution in [0.2, 0.25) is 0 Å². The largest absolute Gasteiger partial charge is 0.375 e. The number of hydrazone groups is 1. The van der Waals surface area contributed by atoms with Crippen LogP contribution in [-0.4, -0.2) is 43.9 Å². The number of aromatic nitrogens is 1. The van der Waals surface area contributed by atoms with Crippen molar-refractivity contribution in [3.63, 3.8) is 0 Å². The van der Waals surface area contributed by atoms with Gasteiger partial charge in [-0.1, -0.05) is 12.1 Å². The number of nitrogens with zero attached hydrogens (tertiary/aromatic N) is 3. The number of allylic oxidation sites excluding steroid dienone is 2. The smallest absolute Gasteiger partial charge is 0.192 e. The second-order valence-corrected chi connectivity index (χ2v) is 9.29. The second kappa shape index (κ2) is 6.12. The summed E-state index contributed by atoms with van der Waals surface area (Å²) in [6, 6.07) is 6.28. The van der Waals surface area contributed by atoms with E-state index in [1.807, 2.05) is 30.3 Å². The van der Waals surface area contributed by atoms with E-state index in [9.17, 15) is 12.8 Å². The van der Waals surface area contributed by atoms with Crippen molar-refractivity contribution in [2.75, 3.05) is 19.8 Å². The summed E-state index contributed by atoms with van der Waals surface area (Å²) in [5, 5.41) is 4.56. The normalized spacial score (nSPS) is 17.3. The van der Waals surface area contributed by atoms with Crippen LogP contribution < -0.4 is 5.43 Å². The average molecular weight is 408 g/mol. The van der Waals surface area contributed by atoms with Crippen LogP contribution >= 0.6 is 0 Å². The van der Waals surface area contributed by atoms with Crippen LogP contribution in [0.3, 0.4) is 0 Å². The maximum Gasteiger partial charge on any atom is 0.192 e. The standard InChI is InChI=1S/C21H17FN4O2S/c1-26-10-16(13-4-6-19(23-9-13)29(2,27)28)21-17(11-26)15-8-14(22)7-12-3-5-18(20(12)15)24-25-21/h3-9,11,25H,10H2,1-2H3. The Kier molecular flexibility index (Phi) is 3.76. The summed E-state index contributed by atoms with van der Waals surface area (Å²) in [6.07, 6.45) is 8.38. The molecule has 0 spiro atoms. The number of sulfone groups is 1. The number of nitrogens with one attached hydrogen (secondary N) is 1. The molecule has 0 fully saturated rings. The highest BCUT2D eigenvalue weighted by atomic mass is 32.2. The van der Waals surface area contributed by atoms with E-state index in [2.05, 4.69) is 15.5 Å². The Morgan fingerprint density at radius 2 is 2.03 bits per heavy atom. The number of halogens is 1. The monoisotopic (exact) mass is 408 g/mol. The summed E-state index contributed by atoms with van der Waals surface area (Å²) in [7, 11) is -1.44. The minimum atomic E-state index is -3.38. The lowest BCUT2D eigenvalue weighted by molar-refractivity contribution is 0.511. The van der Waals surface area contributed by atoms with Crippen LogP contribution in [-0.2, 0) is 9.84 Å². The molecule has 29 heavy (non-hydrogen) atoms. The van der Waals surface area contributed by atoms with Crippen molar-refractivity contribution in [1.82, 2.24) is 15.3 Å². The number of likely N-dealkylation sites (N-methyl/N-ethyl adjacent to an activating group) is 1. The Bertz CT molecular complexity index is 1290. The summed E-state index contributed by atoms with van der Waals surface area (Å²) in [4.78, 5) is 6.12. The number of benzene rings is 1. The van der Waals surface area contributed by atoms with Gasteiger partial charge in [-0.05, 0) is 41.0 Å². The van der Waals surface area contributed by atoms with E-state index in [0.29, 0.717) is 6.54 Å². The van der Waals surface area contributed by atoms with Gasteiger partial charge in [0.2, 0.25) is 0 Å². The molecule has 1 N–H and O–H groups in total. The lowest BCUT2D eigenvalue weighted by Gasteiger charge is -2.28. The fourth-order valence-electron chi connectivity index (χ4n) is 3.89. The molecule has 0 bridgehead atoms. The molecule has 1 aliphatic carbocycles. The molecule has 0 radical (unpaired) electrons. The minimum absolute atomic E-state index is 0.0255. The third-order valence-electron chi connectivity index (χ3n) is 5.18. The van der Waals surface area contributed by atoms with Gasteiger partial charge < -0.3 is 4.90 Å². The predicted molar refractivity (Wildman–Crippen MR) is 110 cm³/mol. The fraction of sp³-hybridized carbons (Fsp3) is 0.143. The zero-order chi connectivity index (χ0) is 20.3. The first-order valence-corrected chi connectivity index (χ1v) is 10.9. The van der Waals surface area contributed by atoms with Gasteiger partial charge in [0, 0.05) is 49.0 Å². The van der Waals surface area contributed by atoms with Crippen molar-refractivity contribution < 1.29 is 12.8 Å². The summed E-state index contributed by atoms with van der Waals surface area (Å²) in [5.41, 5.74) is 9.67. The maximum atomic E-state index is 14.3. The van der Waals surface area contributed by atoms with Gasteiger partial charge in [0.05, 0.1) is 11.4 Å². The van der Waals surface area contributed by atoms with Gasteiger partial charge in [0.25, 0.3) is 0 Å². The number of rotatable bonds is 2. The zero-order valence-corrected chi connectivity index (χ0v) is 16.6. The van der Waals surface area contributed by atoms with Gasteiger partial charge in [0.1, 0.15) is 5.82 Å². The van der Waals surface area contributed by atoms with E-state index in [0.717, 1.165) is 51.1 Å². The van der Waals surface area contributed by atoms with Crippen molar-refractivity contribution in [3.8, 4) is 0 Å². The molecule has 5 rings (SSSR count). The van der Waals surface area contributed by atoms with Gasteiger partial charge in [0.15, 0.2) is 14.9 Å². The van der Waals surface area contributed by atoms with Crippen molar-refractivity contribution in [2.24, 2.45) is 5.10 Å². The molecule has 0 atom stereocenters. The van der Waals surface area contributed by atoms with Crippen molar-refractivity contribution in [1.29, 1.82) is 0 Å². The van der Waals surface area contributed by atoms with Crippen LogP contribution in [0, 0.1) is 5.82 Å². The summed E-state index contributed by atoms with van der Waals surface area (Å²) in [6.45, 7) is 0.573. The molecule has 3 heterocycles. The van der Waals surface area contributed by atoms with Gasteiger partial charge in [-0.2, -0.15) is 5.10 Å². The third kappa shape index (κ3) is 2.87. The molecule has 2 aliphatic heterocycles. The first-order chi connectivity index (χ1) is 13.8. The lowest BCUT2D eigenvalue weighted by Crippen LogP contribution is -2.24. The van der Waals surface area contributed by atoms with E-state index < -0.39 is 9.84 Å². The number of hydrogen-bond acceptors (Lipinski definition) is 6. The highest BCUT2D eigenvalue weighted by molar-refractivity contribution is 7.90. The summed E-state index contributed by atoms with van der Waals surface area (Å²) >= 11 is 0. The molecule has 3 aliphatic rings. The molecule has 2 aromatic rings. The molecule has 1 aromatic carbocycles. The van der Waals surface area contributed by atoms with Crippen molar-refractivity contribution in [3.05, 3.63) is 76.5 Å². The molecular weight excluding hydrogens is 391 g/mol. The average Bonchev–Trinajstić information content (AvgIpc) is 3.00. The number of fused-ring (bicyclic) bond motifs is 2. The summed E-state index contributed by atoms with van der Waals surface area (Å²) < 4.78 is 37.8. The van der Waals surface area contributed by atoms with Crippen molar-refractivity contribution >= 4 is 32.8 Å². The first kappa shape index (κ1) is 17.8. The second-order valence-electron chi connectivity index (χ2n) is 7.33. The molecule has 146 valence electrons. The molecule has 8 heteroatoms. The maximum absolute atomic E-state index is 14.3. The topological polar surface area (TPSA) is 74.7 Å². The fourth-order valence-corrected chi connectivity index (χ4v) is 4.45. The molecule has 6 nitrogen and oxygen atoms in total. The van der Waals surface area contributed by atoms with E-state index in [-0.39, 0.29) is 10.8 Å². The van der Waals surface area contributed by atoms with E-state index in [1.54, 1.807) is 12.3 Å². The Balaban J connectivity index is 1.71. The Labute approximate surface area is 167 Å². The molecule has 1 aromatic heterocycles. The minimum Gasteiger partial charge on any atom is -0.375 e. The highest BCUT2D eigenvalue weighted by Gasteiger charge is 2.29. The Hall–Kier alpha value is -3.26. The van der Waals surface area contributed by atoms with Crippen LogP contribution in [0.4, 0.5) is 4.39 Å². The van der Waals surface area contributed by atoms with Crippen molar-refractivity contribution in [2.45, 2.75) is 5.03 Å². The SMILES string of the molecule is CN1C=C2C(=C(c3ccc(S(C)(=O)=O)nc3)C1)NN=C1C=Cc3cc(F)cc2c31. The molecular formula is C21H17FN4O2S. The lowest BCUT2D eigenvalue weighted by atomic mass is 9.90. The molecule has 0 saturated carbocycles.